The average Bonchev–Trinajstić information content (AvgIpc) is 2.42. The summed E-state index contributed by atoms with van der Waals surface area (Å²) in [6.45, 7) is 6.60. The molecule has 2 rings (SSSR count). The lowest BCUT2D eigenvalue weighted by atomic mass is 9.99. The molecule has 0 saturated carbocycles. The molecular formula is C14H24Cl3N3. The maximum absolute atomic E-state index is 6.31. The third kappa shape index (κ3) is 5.38. The van der Waals surface area contributed by atoms with Crippen molar-refractivity contribution in [3.05, 3.63) is 29.0 Å². The summed E-state index contributed by atoms with van der Waals surface area (Å²) >= 11 is 6.31. The molecular weight excluding hydrogens is 317 g/mol. The van der Waals surface area contributed by atoms with E-state index in [0.29, 0.717) is 6.04 Å². The summed E-state index contributed by atoms with van der Waals surface area (Å²) in [7, 11) is 0. The Balaban J connectivity index is 0.00000180. The Kier molecular flexibility index (Phi) is 10.6. The van der Waals surface area contributed by atoms with Crippen molar-refractivity contribution in [1.82, 2.24) is 15.2 Å². The molecule has 0 unspecified atom stereocenters. The summed E-state index contributed by atoms with van der Waals surface area (Å²) in [5, 5.41) is 4.21. The fraction of sp³-hybridized carbons (Fsp3) is 0.643. The van der Waals surface area contributed by atoms with Gasteiger partial charge in [-0.1, -0.05) is 31.4 Å². The molecule has 1 fully saturated rings. The van der Waals surface area contributed by atoms with Gasteiger partial charge < -0.3 is 5.32 Å². The highest BCUT2D eigenvalue weighted by Gasteiger charge is 2.23. The van der Waals surface area contributed by atoms with Gasteiger partial charge in [0.05, 0.1) is 5.02 Å². The number of rotatable bonds is 5. The van der Waals surface area contributed by atoms with E-state index >= 15 is 0 Å². The first kappa shape index (κ1) is 19.9. The van der Waals surface area contributed by atoms with Gasteiger partial charge in [-0.05, 0) is 18.1 Å². The Morgan fingerprint density at radius 3 is 2.65 bits per heavy atom. The largest absolute Gasteiger partial charge is 0.314 e. The monoisotopic (exact) mass is 339 g/mol. The molecule has 20 heavy (non-hydrogen) atoms. The highest BCUT2D eigenvalue weighted by atomic mass is 35.5. The summed E-state index contributed by atoms with van der Waals surface area (Å²) in [4.78, 5) is 6.64. The standard InChI is InChI=1S/C14H22ClN3.2ClH/c1-2-3-4-14(18-9-7-16-8-10-18)12-5-6-17-11-13(12)15;;/h5-6,11,14,16H,2-4,7-10H2,1H3;2*1H/t14-;;/m1../s1. The first-order valence-corrected chi connectivity index (χ1v) is 7.25. The van der Waals surface area contributed by atoms with Crippen molar-refractivity contribution in [2.45, 2.75) is 32.2 Å². The molecule has 0 aromatic carbocycles. The number of pyridine rings is 1. The predicted molar refractivity (Wildman–Crippen MR) is 90.5 cm³/mol. The molecule has 1 atom stereocenters. The minimum atomic E-state index is 0. The third-order valence-corrected chi connectivity index (χ3v) is 3.90. The number of aromatic nitrogens is 1. The molecule has 1 aliphatic rings. The van der Waals surface area contributed by atoms with Crippen LogP contribution < -0.4 is 5.32 Å². The summed E-state index contributed by atoms with van der Waals surface area (Å²) in [6.07, 6.45) is 7.26. The quantitative estimate of drug-likeness (QED) is 0.885. The Bertz CT molecular complexity index is 370. The molecule has 1 aliphatic heterocycles. The van der Waals surface area contributed by atoms with Gasteiger partial charge in [-0.3, -0.25) is 9.88 Å². The van der Waals surface area contributed by atoms with Crippen LogP contribution >= 0.6 is 36.4 Å². The van der Waals surface area contributed by atoms with E-state index < -0.39 is 0 Å². The van der Waals surface area contributed by atoms with Crippen LogP contribution in [0.4, 0.5) is 0 Å². The van der Waals surface area contributed by atoms with Crippen molar-refractivity contribution in [2.24, 2.45) is 0 Å². The van der Waals surface area contributed by atoms with Crippen molar-refractivity contribution in [1.29, 1.82) is 0 Å². The number of unbranched alkanes of at least 4 members (excludes halogenated alkanes) is 1. The van der Waals surface area contributed by atoms with Crippen molar-refractivity contribution in [2.75, 3.05) is 26.2 Å². The minimum Gasteiger partial charge on any atom is -0.314 e. The zero-order chi connectivity index (χ0) is 12.8. The molecule has 1 aromatic rings. The van der Waals surface area contributed by atoms with Crippen LogP contribution in [0.5, 0.6) is 0 Å². The van der Waals surface area contributed by atoms with E-state index in [1.165, 1.54) is 24.8 Å². The lowest BCUT2D eigenvalue weighted by molar-refractivity contribution is 0.163. The first-order chi connectivity index (χ1) is 8.83. The molecule has 0 spiro atoms. The maximum Gasteiger partial charge on any atom is 0.0637 e. The molecule has 6 heteroatoms. The second kappa shape index (κ2) is 10.6. The van der Waals surface area contributed by atoms with Gasteiger partial charge in [-0.25, -0.2) is 0 Å². The molecule has 2 heterocycles. The van der Waals surface area contributed by atoms with Crippen molar-refractivity contribution in [3.8, 4) is 0 Å². The SMILES string of the molecule is CCCC[C@H](c1ccncc1Cl)N1CCNCC1.Cl.Cl. The fourth-order valence-electron chi connectivity index (χ4n) is 2.58. The molecule has 0 radical (unpaired) electrons. The van der Waals surface area contributed by atoms with Gasteiger partial charge >= 0.3 is 0 Å². The molecule has 0 bridgehead atoms. The Morgan fingerprint density at radius 2 is 2.05 bits per heavy atom. The summed E-state index contributed by atoms with van der Waals surface area (Å²) in [5.74, 6) is 0. The van der Waals surface area contributed by atoms with Gasteiger partial charge in [-0.15, -0.1) is 24.8 Å². The van der Waals surface area contributed by atoms with Gasteiger partial charge in [0.25, 0.3) is 0 Å². The van der Waals surface area contributed by atoms with Crippen LogP contribution in [0.1, 0.15) is 37.8 Å². The lowest BCUT2D eigenvalue weighted by Gasteiger charge is -2.35. The highest BCUT2D eigenvalue weighted by molar-refractivity contribution is 6.31. The van der Waals surface area contributed by atoms with Crippen LogP contribution in [0.25, 0.3) is 0 Å². The smallest absolute Gasteiger partial charge is 0.0637 e. The van der Waals surface area contributed by atoms with E-state index in [9.17, 15) is 0 Å². The summed E-state index contributed by atoms with van der Waals surface area (Å²) in [6, 6.07) is 2.52. The summed E-state index contributed by atoms with van der Waals surface area (Å²) in [5.41, 5.74) is 1.24. The molecule has 3 nitrogen and oxygen atoms in total. The molecule has 1 aromatic heterocycles. The Labute approximate surface area is 139 Å². The molecule has 1 saturated heterocycles. The maximum atomic E-state index is 6.31. The van der Waals surface area contributed by atoms with Gasteiger partial charge in [0, 0.05) is 44.6 Å². The first-order valence-electron chi connectivity index (χ1n) is 6.87. The van der Waals surface area contributed by atoms with Crippen molar-refractivity contribution in [3.63, 3.8) is 0 Å². The Hall–Kier alpha value is -0.0600. The van der Waals surface area contributed by atoms with E-state index in [-0.39, 0.29) is 24.8 Å². The minimum absolute atomic E-state index is 0. The van der Waals surface area contributed by atoms with Crippen molar-refractivity contribution < 1.29 is 0 Å². The predicted octanol–water partition coefficient (Wildman–Crippen LogP) is 3.72. The van der Waals surface area contributed by atoms with Gasteiger partial charge in [-0.2, -0.15) is 0 Å². The van der Waals surface area contributed by atoms with Gasteiger partial charge in [0.2, 0.25) is 0 Å². The van der Waals surface area contributed by atoms with Gasteiger partial charge in [0.1, 0.15) is 0 Å². The van der Waals surface area contributed by atoms with E-state index in [0.717, 1.165) is 31.2 Å². The molecule has 116 valence electrons. The second-order valence-corrected chi connectivity index (χ2v) is 5.25. The van der Waals surface area contributed by atoms with Crippen LogP contribution in [0.15, 0.2) is 18.5 Å². The number of piperazine rings is 1. The number of nitrogens with one attached hydrogen (secondary N) is 1. The molecule has 0 amide bonds. The van der Waals surface area contributed by atoms with Crippen LogP contribution in [-0.4, -0.2) is 36.1 Å². The van der Waals surface area contributed by atoms with Crippen molar-refractivity contribution >= 4 is 36.4 Å². The Morgan fingerprint density at radius 1 is 1.35 bits per heavy atom. The van der Waals surface area contributed by atoms with Crippen LogP contribution in [0, 0.1) is 0 Å². The molecule has 1 N–H and O–H groups in total. The van der Waals surface area contributed by atoms with E-state index in [1.807, 2.05) is 6.20 Å². The fourth-order valence-corrected chi connectivity index (χ4v) is 2.83. The highest BCUT2D eigenvalue weighted by Crippen LogP contribution is 2.31. The van der Waals surface area contributed by atoms with E-state index in [1.54, 1.807) is 6.20 Å². The average molecular weight is 341 g/mol. The van der Waals surface area contributed by atoms with Crippen LogP contribution in [0.3, 0.4) is 0 Å². The summed E-state index contributed by atoms with van der Waals surface area (Å²) < 4.78 is 0. The zero-order valence-electron chi connectivity index (χ0n) is 11.8. The number of nitrogens with zero attached hydrogens (tertiary/aromatic N) is 2. The number of hydrogen-bond acceptors (Lipinski definition) is 3. The number of hydrogen-bond donors (Lipinski definition) is 1. The van der Waals surface area contributed by atoms with E-state index in [2.05, 4.69) is 28.2 Å². The van der Waals surface area contributed by atoms with E-state index in [4.69, 9.17) is 11.6 Å². The third-order valence-electron chi connectivity index (χ3n) is 3.59. The van der Waals surface area contributed by atoms with Crippen LogP contribution in [-0.2, 0) is 0 Å². The van der Waals surface area contributed by atoms with Gasteiger partial charge in [0.15, 0.2) is 0 Å². The number of halogens is 3. The topological polar surface area (TPSA) is 28.2 Å². The lowest BCUT2D eigenvalue weighted by Crippen LogP contribution is -2.45. The molecule has 0 aliphatic carbocycles. The normalized spacial score (nSPS) is 16.9. The zero-order valence-corrected chi connectivity index (χ0v) is 14.2. The second-order valence-electron chi connectivity index (χ2n) is 4.84. The van der Waals surface area contributed by atoms with Crippen LogP contribution in [0.2, 0.25) is 5.02 Å².